The van der Waals surface area contributed by atoms with Crippen LogP contribution in [0.1, 0.15) is 114 Å². The lowest BCUT2D eigenvalue weighted by atomic mass is 9.85. The lowest BCUT2D eigenvalue weighted by Gasteiger charge is -2.35. The number of aromatic nitrogens is 21. The van der Waals surface area contributed by atoms with Gasteiger partial charge in [0, 0.05) is 142 Å². The molecule has 14 aromatic rings. The summed E-state index contributed by atoms with van der Waals surface area (Å²) in [7, 11) is 5.53. The molecule has 12 aromatic heterocycles. The summed E-state index contributed by atoms with van der Waals surface area (Å²) >= 11 is 4.71. The molecule has 1 aliphatic carbocycles. The Kier molecular flexibility index (Phi) is 24.8. The summed E-state index contributed by atoms with van der Waals surface area (Å²) in [6, 6.07) is 23.9. The molecule has 43 heteroatoms. The minimum Gasteiger partial charge on any atom is -0.491 e. The van der Waals surface area contributed by atoms with Gasteiger partial charge in [-0.1, -0.05) is 23.5 Å². The third kappa shape index (κ3) is 18.6. The van der Waals surface area contributed by atoms with Gasteiger partial charge in [0.15, 0.2) is 34.2 Å². The molecular weight excluding hydrogens is 1850 g/mol. The highest BCUT2D eigenvalue weighted by molar-refractivity contribution is 7.19. The van der Waals surface area contributed by atoms with Gasteiger partial charge in [-0.05, 0) is 202 Å². The highest BCUT2D eigenvalue weighted by atomic mass is 32.1. The van der Waals surface area contributed by atoms with Crippen molar-refractivity contribution in [2.24, 2.45) is 37.4 Å². The van der Waals surface area contributed by atoms with Crippen molar-refractivity contribution < 1.29 is 42.6 Å². The van der Waals surface area contributed by atoms with Crippen LogP contribution in [0, 0.1) is 22.1 Å². The Labute approximate surface area is 822 Å². The number of carbonyl (C=O) groups is 6. The normalized spacial score (nSPS) is 20.9. The lowest BCUT2D eigenvalue weighted by molar-refractivity contribution is -0.133. The first kappa shape index (κ1) is 92.2. The van der Waals surface area contributed by atoms with Gasteiger partial charge in [0.25, 0.3) is 0 Å². The lowest BCUT2D eigenvalue weighted by Crippen LogP contribution is -2.51. The molecule has 141 heavy (non-hydrogen) atoms. The topological polar surface area (TPSA) is 409 Å². The summed E-state index contributed by atoms with van der Waals surface area (Å²) in [4.78, 5) is 146. The standard InChI is InChI=1S/C35H37FN10O3S.C34H39N11O3S.C29H32N10O2S/c1-21(2)49-26-6-4-23(16-24(26)36)30-31-25(40-41-30)5-7-28(39-31)46-15-11-35(34(46)48)10-14-44(19-35)18-29(47)45-12-8-22(9-13-45)33-37-17-27(50-33)32-38-20-43(3)42-32;1-22(2)48-24-6-4-23(5-7-24)29-30-25(38-39-29)8-9-27(37-30)45-13-11-34(32(45)47)10-12-42(20-34)19-28(46)43-14-16-44(17-15-43)33-35-18-26(49-33)31-36-21-41(3)40-31;1-36-17-31-26(35-36)21-14-30-27(42-21)19-6-10-38(11-7-19)23(40)15-37-12-8-29(16-37)9-13-39(28(29)41)22-5-4-20-25(32-22)24(34-33-20)18-2-3-18/h4-8,16-17,20-21H,9-15,18-19H2,1-3H3,(H,40,41);4-9,18,21-22H,10-17,19-20H2,1-3H3,(H,38,39);4-6,14,17-18H,2-3,7-13,15-16H2,1H3,(H,33,34)/t35-;34-;29-/m000/s1. The van der Waals surface area contributed by atoms with E-state index in [4.69, 9.17) is 24.4 Å². The molecule has 9 aliphatic heterocycles. The predicted molar refractivity (Wildman–Crippen MR) is 531 cm³/mol. The summed E-state index contributed by atoms with van der Waals surface area (Å²) in [5, 5.41) is 38.5. The summed E-state index contributed by atoms with van der Waals surface area (Å²) in [5.41, 5.74) is 9.16. The fourth-order valence-electron chi connectivity index (χ4n) is 20.8. The van der Waals surface area contributed by atoms with Crippen LogP contribution < -0.4 is 29.1 Å². The number of hydrogen-bond donors (Lipinski definition) is 3. The summed E-state index contributed by atoms with van der Waals surface area (Å²) in [6.07, 6.45) is 22.9. The SMILES string of the molecule is CC(C)Oc1ccc(-c2n[nH]c3ccc(N4CC[C@]5(CCN(CC(=O)N6CC=C(c7ncc(-c8ncn(C)n8)s7)CC6)C5)C4=O)nc23)cc1F.CC(C)Oc1ccc(-c2n[nH]c3ccc(N4CC[C@]5(CCN(CC(=O)N6CCN(c7ncc(-c8ncn(C)n8)s7)CC6)C5)C4=O)nc23)cc1.Cn1cnc(-c2cnc(C3=CCN(C(=O)CN4CC[C@]5(CCN(c6ccc7n[nH]c(C8CC8)c7n6)C5=O)C4)CC3)s2)n1. The number of ether oxygens (including phenoxy) is 2. The molecule has 39 nitrogen and oxygen atoms in total. The number of hydrogen-bond acceptors (Lipinski definition) is 30. The number of rotatable bonds is 22. The monoisotopic (exact) mass is 1960 g/mol. The van der Waals surface area contributed by atoms with Gasteiger partial charge in [0.2, 0.25) is 35.4 Å². The second-order valence-corrected chi connectivity index (χ2v) is 41.9. The number of nitrogens with zero attached hydrogens (tertiary/aromatic N) is 28. The van der Waals surface area contributed by atoms with Gasteiger partial charge in [-0.15, -0.1) is 22.7 Å². The number of nitrogens with one attached hydrogen (secondary N) is 3. The third-order valence-electron chi connectivity index (χ3n) is 28.5. The van der Waals surface area contributed by atoms with E-state index in [1.165, 1.54) is 6.07 Å². The largest absolute Gasteiger partial charge is 0.491 e. The highest BCUT2D eigenvalue weighted by Gasteiger charge is 2.55. The molecule has 0 radical (unpaired) electrons. The van der Waals surface area contributed by atoms with E-state index in [2.05, 4.69) is 108 Å². The van der Waals surface area contributed by atoms with Crippen molar-refractivity contribution in [3.8, 4) is 66.1 Å². The zero-order valence-electron chi connectivity index (χ0n) is 79.5. The molecule has 6 amide bonds. The van der Waals surface area contributed by atoms with Crippen molar-refractivity contribution in [3.05, 3.63) is 150 Å². The van der Waals surface area contributed by atoms with E-state index >= 15 is 0 Å². The Morgan fingerprint density at radius 1 is 0.461 bits per heavy atom. The van der Waals surface area contributed by atoms with E-state index in [9.17, 15) is 33.2 Å². The van der Waals surface area contributed by atoms with Crippen molar-refractivity contribution in [1.29, 1.82) is 0 Å². The van der Waals surface area contributed by atoms with Crippen LogP contribution in [0.5, 0.6) is 11.5 Å². The van der Waals surface area contributed by atoms with Crippen LogP contribution >= 0.6 is 34.0 Å². The maximum absolute atomic E-state index is 14.8. The predicted octanol–water partition coefficient (Wildman–Crippen LogP) is 10.8. The number of halogens is 1. The molecule has 21 heterocycles. The Balaban J connectivity index is 0.000000122. The first-order valence-corrected chi connectivity index (χ1v) is 50.7. The number of amides is 6. The van der Waals surface area contributed by atoms with Gasteiger partial charge < -0.3 is 29.1 Å². The van der Waals surface area contributed by atoms with Crippen LogP contribution in [-0.4, -0.2) is 313 Å². The number of piperazine rings is 1. The van der Waals surface area contributed by atoms with Gasteiger partial charge in [-0.25, -0.2) is 49.2 Å². The number of likely N-dealkylation sites (tertiary alicyclic amines) is 3. The van der Waals surface area contributed by atoms with Crippen molar-refractivity contribution in [3.63, 3.8) is 0 Å². The number of anilines is 4. The minimum absolute atomic E-state index is 0.0276. The minimum atomic E-state index is -0.550. The molecule has 3 spiro atoms. The molecule has 728 valence electrons. The number of benzene rings is 2. The molecule has 3 atom stereocenters. The molecular formula is C98H108FN31O8S3. The Hall–Kier alpha value is -13.9. The van der Waals surface area contributed by atoms with Crippen molar-refractivity contribution >= 4 is 136 Å². The van der Waals surface area contributed by atoms with Crippen molar-refractivity contribution in [1.82, 2.24) is 134 Å². The second-order valence-electron chi connectivity index (χ2n) is 38.9. The van der Waals surface area contributed by atoms with Crippen molar-refractivity contribution in [2.75, 3.05) is 150 Å². The molecule has 7 saturated heterocycles. The summed E-state index contributed by atoms with van der Waals surface area (Å²) in [6.45, 7) is 19.5. The molecule has 3 N–H and O–H groups in total. The fourth-order valence-corrected chi connectivity index (χ4v) is 23.6. The fraction of sp³-hybridized carbons (Fsp3) is 0.439. The molecule has 8 fully saturated rings. The van der Waals surface area contributed by atoms with Crippen LogP contribution in [0.2, 0.25) is 0 Å². The van der Waals surface area contributed by atoms with Gasteiger partial charge in [0.1, 0.15) is 85.7 Å². The van der Waals surface area contributed by atoms with Crippen LogP contribution in [0.4, 0.5) is 27.0 Å². The first-order chi connectivity index (χ1) is 68.3. The summed E-state index contributed by atoms with van der Waals surface area (Å²) < 4.78 is 31.2. The highest BCUT2D eigenvalue weighted by Crippen LogP contribution is 2.49. The molecule has 0 bridgehead atoms. The Morgan fingerprint density at radius 3 is 1.35 bits per heavy atom. The van der Waals surface area contributed by atoms with Crippen LogP contribution in [-0.2, 0) is 49.9 Å². The quantitative estimate of drug-likeness (QED) is 0.0567. The zero-order chi connectivity index (χ0) is 96.7. The molecule has 0 unspecified atom stereocenters. The third-order valence-corrected chi connectivity index (χ3v) is 31.7. The maximum Gasteiger partial charge on any atom is 0.237 e. The summed E-state index contributed by atoms with van der Waals surface area (Å²) in [5.74, 6) is 5.45. The number of carbonyl (C=O) groups excluding carboxylic acids is 6. The van der Waals surface area contributed by atoms with Gasteiger partial charge in [-0.3, -0.25) is 87.5 Å². The average molecular weight is 1960 g/mol. The number of fused-ring (bicyclic) bond motifs is 3. The Morgan fingerprint density at radius 2 is 0.901 bits per heavy atom. The molecule has 2 aromatic carbocycles. The van der Waals surface area contributed by atoms with Crippen LogP contribution in [0.3, 0.4) is 0 Å². The van der Waals surface area contributed by atoms with E-state index in [-0.39, 0.29) is 59.9 Å². The average Bonchev–Trinajstić information content (AvgIpc) is 1.60. The van der Waals surface area contributed by atoms with E-state index in [0.29, 0.717) is 174 Å². The number of aryl methyl sites for hydroxylation is 3. The number of H-pyrrole nitrogens is 3. The number of thiazole rings is 3. The van der Waals surface area contributed by atoms with E-state index in [0.717, 1.165) is 163 Å². The van der Waals surface area contributed by atoms with Crippen LogP contribution in [0.25, 0.3) is 98.9 Å². The van der Waals surface area contributed by atoms with Crippen molar-refractivity contribution in [2.45, 2.75) is 110 Å². The van der Waals surface area contributed by atoms with Gasteiger partial charge in [0.05, 0.1) is 85.6 Å². The van der Waals surface area contributed by atoms with E-state index in [1.807, 2.05) is 146 Å². The number of aromatic amines is 3. The second kappa shape index (κ2) is 37.9. The smallest absolute Gasteiger partial charge is 0.237 e. The van der Waals surface area contributed by atoms with Gasteiger partial charge >= 0.3 is 0 Å². The molecule has 24 rings (SSSR count). The maximum atomic E-state index is 14.8. The Bertz CT molecular complexity index is 7200. The molecule has 1 saturated carbocycles. The molecule has 10 aliphatic rings. The van der Waals surface area contributed by atoms with E-state index < -0.39 is 22.1 Å². The van der Waals surface area contributed by atoms with E-state index in [1.54, 1.807) is 90.3 Å². The van der Waals surface area contributed by atoms with Gasteiger partial charge in [-0.2, -0.15) is 30.6 Å². The zero-order valence-corrected chi connectivity index (χ0v) is 81.9. The first-order valence-electron chi connectivity index (χ1n) is 48.2. The number of pyridine rings is 3. The van der Waals surface area contributed by atoms with Crippen LogP contribution in [0.15, 0.2) is 129 Å².